The Morgan fingerprint density at radius 3 is 2.39 bits per heavy atom. The Morgan fingerprint density at radius 1 is 1.18 bits per heavy atom. The highest BCUT2D eigenvalue weighted by Crippen LogP contribution is 2.27. The predicted octanol–water partition coefficient (Wildman–Crippen LogP) is 3.23. The van der Waals surface area contributed by atoms with E-state index in [-0.39, 0.29) is 29.0 Å². The number of sulfonamides is 1. The molecule has 1 aliphatic heterocycles. The third-order valence-corrected chi connectivity index (χ3v) is 6.45. The van der Waals surface area contributed by atoms with Crippen LogP contribution in [0.5, 0.6) is 5.75 Å². The lowest BCUT2D eigenvalue weighted by Gasteiger charge is -2.23. The fourth-order valence-corrected chi connectivity index (χ4v) is 4.80. The summed E-state index contributed by atoms with van der Waals surface area (Å²) in [5.74, 6) is 0.177. The van der Waals surface area contributed by atoms with E-state index in [1.54, 1.807) is 6.07 Å². The maximum atomic E-state index is 13.0. The summed E-state index contributed by atoms with van der Waals surface area (Å²) >= 11 is 0. The molecule has 0 saturated carbocycles. The lowest BCUT2D eigenvalue weighted by molar-refractivity contribution is -0.180. The summed E-state index contributed by atoms with van der Waals surface area (Å²) in [6, 6.07) is 4.47. The van der Waals surface area contributed by atoms with E-state index in [9.17, 15) is 13.2 Å². The number of benzene rings is 1. The van der Waals surface area contributed by atoms with Crippen LogP contribution < -0.4 is 4.74 Å². The molecule has 28 heavy (non-hydrogen) atoms. The van der Waals surface area contributed by atoms with Crippen LogP contribution in [0, 0.1) is 0 Å². The van der Waals surface area contributed by atoms with Gasteiger partial charge in [0.05, 0.1) is 30.8 Å². The van der Waals surface area contributed by atoms with E-state index in [0.717, 1.165) is 19.3 Å². The minimum atomic E-state index is -3.67. The minimum Gasteiger partial charge on any atom is -0.496 e. The van der Waals surface area contributed by atoms with Gasteiger partial charge in [-0.2, -0.15) is 4.31 Å². The van der Waals surface area contributed by atoms with Gasteiger partial charge in [-0.3, -0.25) is 4.79 Å². The SMILES string of the molecule is CCCN(CCC)S(=O)(=O)c1ccc(OC)c(C(=O)CCC2OCCCO2)c1. The third kappa shape index (κ3) is 5.76. The summed E-state index contributed by atoms with van der Waals surface area (Å²) in [5, 5.41) is 0. The van der Waals surface area contributed by atoms with Crippen molar-refractivity contribution in [2.24, 2.45) is 0 Å². The lowest BCUT2D eigenvalue weighted by Crippen LogP contribution is -2.32. The van der Waals surface area contributed by atoms with Crippen LogP contribution in [0.4, 0.5) is 0 Å². The smallest absolute Gasteiger partial charge is 0.243 e. The third-order valence-electron chi connectivity index (χ3n) is 4.56. The quantitative estimate of drug-likeness (QED) is 0.518. The molecule has 158 valence electrons. The average molecular weight is 414 g/mol. The predicted molar refractivity (Wildman–Crippen MR) is 106 cm³/mol. The molecule has 8 heteroatoms. The number of ether oxygens (including phenoxy) is 3. The number of Topliss-reactive ketones (excluding diaryl/α,β-unsaturated/α-hetero) is 1. The molecule has 0 atom stereocenters. The summed E-state index contributed by atoms with van der Waals surface area (Å²) in [5.41, 5.74) is 0.271. The number of carbonyl (C=O) groups excluding carboxylic acids is 1. The number of nitrogens with zero attached hydrogens (tertiary/aromatic N) is 1. The van der Waals surface area contributed by atoms with Gasteiger partial charge in [-0.25, -0.2) is 8.42 Å². The first-order valence-electron chi connectivity index (χ1n) is 9.88. The first-order valence-corrected chi connectivity index (χ1v) is 11.3. The molecule has 1 aromatic rings. The summed E-state index contributed by atoms with van der Waals surface area (Å²) < 4.78 is 43.8. The molecule has 0 spiro atoms. The second-order valence-electron chi connectivity index (χ2n) is 6.75. The molecule has 0 aliphatic carbocycles. The molecule has 1 aliphatic rings. The number of ketones is 1. The molecule has 0 unspecified atom stereocenters. The Bertz CT molecular complexity index is 737. The number of hydrogen-bond acceptors (Lipinski definition) is 6. The summed E-state index contributed by atoms with van der Waals surface area (Å²) in [6.45, 7) is 6.03. The second-order valence-corrected chi connectivity index (χ2v) is 8.69. The van der Waals surface area contributed by atoms with E-state index < -0.39 is 10.0 Å². The van der Waals surface area contributed by atoms with Gasteiger partial charge in [0.2, 0.25) is 10.0 Å². The van der Waals surface area contributed by atoms with Gasteiger partial charge in [-0.1, -0.05) is 13.8 Å². The molecule has 0 radical (unpaired) electrons. The number of hydrogen-bond donors (Lipinski definition) is 0. The van der Waals surface area contributed by atoms with Gasteiger partial charge in [-0.05, 0) is 37.5 Å². The monoisotopic (exact) mass is 413 g/mol. The maximum absolute atomic E-state index is 13.0. The Kier molecular flexibility index (Phi) is 8.88. The normalized spacial score (nSPS) is 15.7. The van der Waals surface area contributed by atoms with Crippen molar-refractivity contribution in [3.8, 4) is 5.75 Å². The summed E-state index contributed by atoms with van der Waals surface area (Å²) in [6.07, 6.45) is 2.53. The summed E-state index contributed by atoms with van der Waals surface area (Å²) in [4.78, 5) is 12.9. The van der Waals surface area contributed by atoms with Crippen LogP contribution in [-0.2, 0) is 19.5 Å². The van der Waals surface area contributed by atoms with Gasteiger partial charge in [0.15, 0.2) is 12.1 Å². The highest BCUT2D eigenvalue weighted by Gasteiger charge is 2.26. The van der Waals surface area contributed by atoms with Crippen molar-refractivity contribution in [2.75, 3.05) is 33.4 Å². The van der Waals surface area contributed by atoms with Crippen LogP contribution in [0.1, 0.15) is 56.3 Å². The molecule has 0 amide bonds. The van der Waals surface area contributed by atoms with Crippen LogP contribution in [0.2, 0.25) is 0 Å². The zero-order valence-corrected chi connectivity index (χ0v) is 17.8. The van der Waals surface area contributed by atoms with Crippen LogP contribution in [0.25, 0.3) is 0 Å². The van der Waals surface area contributed by atoms with Gasteiger partial charge in [-0.15, -0.1) is 0 Å². The van der Waals surface area contributed by atoms with E-state index in [0.29, 0.717) is 38.5 Å². The molecular formula is C20H31NO6S. The number of carbonyl (C=O) groups is 1. The molecule has 1 aromatic carbocycles. The van der Waals surface area contributed by atoms with Crippen LogP contribution in [-0.4, -0.2) is 58.2 Å². The molecule has 1 fully saturated rings. The van der Waals surface area contributed by atoms with Crippen molar-refractivity contribution < 1.29 is 27.4 Å². The van der Waals surface area contributed by atoms with E-state index in [1.807, 2.05) is 13.8 Å². The highest BCUT2D eigenvalue weighted by atomic mass is 32.2. The standard InChI is InChI=1S/C20H31NO6S/c1-4-11-21(12-5-2)28(23,24)16-7-9-19(25-3)17(15-16)18(22)8-10-20-26-13-6-14-27-20/h7,9,15,20H,4-6,8,10-14H2,1-3H3. The number of methoxy groups -OCH3 is 1. The van der Waals surface area contributed by atoms with Crippen LogP contribution in [0.3, 0.4) is 0 Å². The highest BCUT2D eigenvalue weighted by molar-refractivity contribution is 7.89. The van der Waals surface area contributed by atoms with Crippen LogP contribution >= 0.6 is 0 Å². The van der Waals surface area contributed by atoms with E-state index in [2.05, 4.69) is 0 Å². The van der Waals surface area contributed by atoms with Gasteiger partial charge in [0.1, 0.15) is 5.75 Å². The topological polar surface area (TPSA) is 82.1 Å². The Balaban J connectivity index is 2.22. The van der Waals surface area contributed by atoms with Crippen molar-refractivity contribution in [3.63, 3.8) is 0 Å². The Labute approximate surface area is 168 Å². The van der Waals surface area contributed by atoms with Crippen molar-refractivity contribution in [3.05, 3.63) is 23.8 Å². The van der Waals surface area contributed by atoms with Gasteiger partial charge in [0, 0.05) is 25.9 Å². The molecule has 0 aromatic heterocycles. The van der Waals surface area contributed by atoms with Crippen molar-refractivity contribution in [1.29, 1.82) is 0 Å². The largest absolute Gasteiger partial charge is 0.496 e. The van der Waals surface area contributed by atoms with Gasteiger partial charge < -0.3 is 14.2 Å². The maximum Gasteiger partial charge on any atom is 0.243 e. The molecule has 0 bridgehead atoms. The zero-order valence-electron chi connectivity index (χ0n) is 17.0. The molecule has 1 saturated heterocycles. The Hall–Kier alpha value is -1.48. The lowest BCUT2D eigenvalue weighted by atomic mass is 10.1. The average Bonchev–Trinajstić information content (AvgIpc) is 2.72. The first kappa shape index (κ1) is 22.8. The molecule has 1 heterocycles. The van der Waals surface area contributed by atoms with E-state index in [4.69, 9.17) is 14.2 Å². The summed E-state index contributed by atoms with van der Waals surface area (Å²) in [7, 11) is -2.20. The van der Waals surface area contributed by atoms with Gasteiger partial charge >= 0.3 is 0 Å². The van der Waals surface area contributed by atoms with Crippen LogP contribution in [0.15, 0.2) is 23.1 Å². The van der Waals surface area contributed by atoms with Crippen molar-refractivity contribution >= 4 is 15.8 Å². The zero-order chi connectivity index (χ0) is 20.6. The van der Waals surface area contributed by atoms with Crippen molar-refractivity contribution in [2.45, 2.75) is 57.1 Å². The molecule has 0 N–H and O–H groups in total. The number of rotatable bonds is 11. The minimum absolute atomic E-state index is 0.115. The first-order chi connectivity index (χ1) is 13.4. The molecule has 2 rings (SSSR count). The molecular weight excluding hydrogens is 382 g/mol. The van der Waals surface area contributed by atoms with E-state index in [1.165, 1.54) is 23.5 Å². The van der Waals surface area contributed by atoms with E-state index >= 15 is 0 Å². The fourth-order valence-electron chi connectivity index (χ4n) is 3.15. The Morgan fingerprint density at radius 2 is 1.82 bits per heavy atom. The molecule has 7 nitrogen and oxygen atoms in total. The van der Waals surface area contributed by atoms with Crippen molar-refractivity contribution in [1.82, 2.24) is 4.31 Å². The fraction of sp³-hybridized carbons (Fsp3) is 0.650. The van der Waals surface area contributed by atoms with Gasteiger partial charge in [0.25, 0.3) is 0 Å². The second kappa shape index (κ2) is 10.9.